The standard InChI is InChI=1S/C14H20N2O/c1-5-14(17)15-11(2)10-12-6-8-13(9-7-12)16(3)4/h5-9,11H,1,10H2,2-4H3,(H,15,17). The van der Waals surface area contributed by atoms with Crippen molar-refractivity contribution in [2.24, 2.45) is 0 Å². The molecule has 0 saturated carbocycles. The topological polar surface area (TPSA) is 32.3 Å². The summed E-state index contributed by atoms with van der Waals surface area (Å²) < 4.78 is 0. The van der Waals surface area contributed by atoms with Crippen LogP contribution in [0, 0.1) is 0 Å². The number of nitrogens with zero attached hydrogens (tertiary/aromatic N) is 1. The van der Waals surface area contributed by atoms with Crippen molar-refractivity contribution in [3.63, 3.8) is 0 Å². The highest BCUT2D eigenvalue weighted by molar-refractivity contribution is 5.87. The molecule has 0 heterocycles. The van der Waals surface area contributed by atoms with Crippen LogP contribution in [0.3, 0.4) is 0 Å². The molecule has 1 amide bonds. The molecule has 1 N–H and O–H groups in total. The Labute approximate surface area is 103 Å². The number of nitrogens with one attached hydrogen (secondary N) is 1. The molecule has 1 aromatic rings. The van der Waals surface area contributed by atoms with E-state index in [4.69, 9.17) is 0 Å². The van der Waals surface area contributed by atoms with Gasteiger partial charge in [-0.2, -0.15) is 0 Å². The van der Waals surface area contributed by atoms with Crippen molar-refractivity contribution in [3.05, 3.63) is 42.5 Å². The predicted octanol–water partition coefficient (Wildman–Crippen LogP) is 1.99. The SMILES string of the molecule is C=CC(=O)NC(C)Cc1ccc(N(C)C)cc1. The van der Waals surface area contributed by atoms with Crippen molar-refractivity contribution in [1.29, 1.82) is 0 Å². The zero-order chi connectivity index (χ0) is 12.8. The normalized spacial score (nSPS) is 11.7. The van der Waals surface area contributed by atoms with Crippen LogP contribution in [0.25, 0.3) is 0 Å². The first-order chi connectivity index (χ1) is 8.02. The van der Waals surface area contributed by atoms with Crippen LogP contribution in [-0.2, 0) is 11.2 Å². The van der Waals surface area contributed by atoms with Crippen LogP contribution in [0.1, 0.15) is 12.5 Å². The Morgan fingerprint density at radius 3 is 2.47 bits per heavy atom. The van der Waals surface area contributed by atoms with E-state index in [-0.39, 0.29) is 11.9 Å². The summed E-state index contributed by atoms with van der Waals surface area (Å²) in [6, 6.07) is 8.46. The fourth-order valence-electron chi connectivity index (χ4n) is 1.64. The van der Waals surface area contributed by atoms with Crippen molar-refractivity contribution in [2.45, 2.75) is 19.4 Å². The Morgan fingerprint density at radius 1 is 1.41 bits per heavy atom. The van der Waals surface area contributed by atoms with Crippen LogP contribution in [0.15, 0.2) is 36.9 Å². The minimum Gasteiger partial charge on any atom is -0.378 e. The Kier molecular flexibility index (Phi) is 4.76. The van der Waals surface area contributed by atoms with Gasteiger partial charge in [0.1, 0.15) is 0 Å². The molecule has 3 nitrogen and oxygen atoms in total. The first kappa shape index (κ1) is 13.3. The van der Waals surface area contributed by atoms with Gasteiger partial charge >= 0.3 is 0 Å². The fraction of sp³-hybridized carbons (Fsp3) is 0.357. The van der Waals surface area contributed by atoms with Gasteiger partial charge in [0.15, 0.2) is 0 Å². The molecule has 0 fully saturated rings. The molecule has 0 bridgehead atoms. The second-order valence-electron chi connectivity index (χ2n) is 4.38. The summed E-state index contributed by atoms with van der Waals surface area (Å²) in [4.78, 5) is 13.2. The maximum absolute atomic E-state index is 11.1. The van der Waals surface area contributed by atoms with Gasteiger partial charge < -0.3 is 10.2 Å². The smallest absolute Gasteiger partial charge is 0.243 e. The van der Waals surface area contributed by atoms with E-state index in [1.54, 1.807) is 0 Å². The van der Waals surface area contributed by atoms with Gasteiger partial charge in [-0.05, 0) is 37.1 Å². The van der Waals surface area contributed by atoms with E-state index >= 15 is 0 Å². The van der Waals surface area contributed by atoms with Crippen molar-refractivity contribution in [1.82, 2.24) is 5.32 Å². The fourth-order valence-corrected chi connectivity index (χ4v) is 1.64. The molecule has 17 heavy (non-hydrogen) atoms. The summed E-state index contributed by atoms with van der Waals surface area (Å²) in [6.07, 6.45) is 2.12. The number of benzene rings is 1. The number of anilines is 1. The maximum atomic E-state index is 11.1. The van der Waals surface area contributed by atoms with Crippen molar-refractivity contribution in [2.75, 3.05) is 19.0 Å². The summed E-state index contributed by atoms with van der Waals surface area (Å²) in [5.41, 5.74) is 2.39. The number of rotatable bonds is 5. The quantitative estimate of drug-likeness (QED) is 0.787. The zero-order valence-corrected chi connectivity index (χ0v) is 10.7. The Balaban J connectivity index is 2.57. The van der Waals surface area contributed by atoms with Crippen LogP contribution in [0.5, 0.6) is 0 Å². The van der Waals surface area contributed by atoms with Gasteiger partial charge in [0.25, 0.3) is 0 Å². The first-order valence-electron chi connectivity index (χ1n) is 5.72. The third kappa shape index (κ3) is 4.31. The molecule has 3 heteroatoms. The van der Waals surface area contributed by atoms with Gasteiger partial charge in [-0.1, -0.05) is 18.7 Å². The molecule has 0 aliphatic heterocycles. The average Bonchev–Trinajstić information content (AvgIpc) is 2.29. The van der Waals surface area contributed by atoms with Gasteiger partial charge in [-0.15, -0.1) is 0 Å². The van der Waals surface area contributed by atoms with Crippen LogP contribution in [0.2, 0.25) is 0 Å². The lowest BCUT2D eigenvalue weighted by Gasteiger charge is -2.15. The number of amides is 1. The molecular formula is C14H20N2O. The van der Waals surface area contributed by atoms with Gasteiger partial charge in [0.05, 0.1) is 0 Å². The lowest BCUT2D eigenvalue weighted by Crippen LogP contribution is -2.32. The van der Waals surface area contributed by atoms with E-state index in [0.717, 1.165) is 6.42 Å². The van der Waals surface area contributed by atoms with Crippen molar-refractivity contribution in [3.8, 4) is 0 Å². The van der Waals surface area contributed by atoms with Gasteiger partial charge in [0.2, 0.25) is 5.91 Å². The summed E-state index contributed by atoms with van der Waals surface area (Å²) in [6.45, 7) is 5.42. The molecule has 0 aliphatic carbocycles. The van der Waals surface area contributed by atoms with E-state index < -0.39 is 0 Å². The average molecular weight is 232 g/mol. The summed E-state index contributed by atoms with van der Waals surface area (Å²) in [7, 11) is 4.03. The highest BCUT2D eigenvalue weighted by atomic mass is 16.1. The minimum absolute atomic E-state index is 0.116. The molecule has 0 aromatic heterocycles. The maximum Gasteiger partial charge on any atom is 0.243 e. The molecule has 92 valence electrons. The molecule has 0 spiro atoms. The third-order valence-electron chi connectivity index (χ3n) is 2.57. The van der Waals surface area contributed by atoms with Crippen molar-refractivity contribution < 1.29 is 4.79 Å². The zero-order valence-electron chi connectivity index (χ0n) is 10.7. The highest BCUT2D eigenvalue weighted by Gasteiger charge is 2.05. The van der Waals surface area contributed by atoms with E-state index in [1.165, 1.54) is 17.3 Å². The first-order valence-corrected chi connectivity index (χ1v) is 5.72. The second-order valence-corrected chi connectivity index (χ2v) is 4.38. The van der Waals surface area contributed by atoms with Gasteiger partial charge in [-0.3, -0.25) is 4.79 Å². The molecular weight excluding hydrogens is 212 g/mol. The molecule has 1 rings (SSSR count). The Morgan fingerprint density at radius 2 is 2.00 bits per heavy atom. The molecule has 1 aromatic carbocycles. The minimum atomic E-state index is -0.123. The Bertz CT molecular complexity index is 382. The third-order valence-corrected chi connectivity index (χ3v) is 2.57. The van der Waals surface area contributed by atoms with Crippen LogP contribution in [-0.4, -0.2) is 26.0 Å². The van der Waals surface area contributed by atoms with Crippen LogP contribution in [0.4, 0.5) is 5.69 Å². The van der Waals surface area contributed by atoms with Crippen LogP contribution < -0.4 is 10.2 Å². The number of hydrogen-bond acceptors (Lipinski definition) is 2. The van der Waals surface area contributed by atoms with Gasteiger partial charge in [0, 0.05) is 25.8 Å². The lowest BCUT2D eigenvalue weighted by molar-refractivity contribution is -0.117. The van der Waals surface area contributed by atoms with Gasteiger partial charge in [-0.25, -0.2) is 0 Å². The molecule has 1 unspecified atom stereocenters. The summed E-state index contributed by atoms with van der Waals surface area (Å²) in [5, 5.41) is 2.85. The number of carbonyl (C=O) groups is 1. The highest BCUT2D eigenvalue weighted by Crippen LogP contribution is 2.13. The van der Waals surface area contributed by atoms with Crippen molar-refractivity contribution >= 4 is 11.6 Å². The van der Waals surface area contributed by atoms with Crippen LogP contribution >= 0.6 is 0 Å². The lowest BCUT2D eigenvalue weighted by atomic mass is 10.1. The van der Waals surface area contributed by atoms with E-state index in [9.17, 15) is 4.79 Å². The van der Waals surface area contributed by atoms with E-state index in [1.807, 2.05) is 21.0 Å². The molecule has 0 saturated heterocycles. The monoisotopic (exact) mass is 232 g/mol. The second kappa shape index (κ2) is 6.09. The largest absolute Gasteiger partial charge is 0.378 e. The summed E-state index contributed by atoms with van der Waals surface area (Å²) in [5.74, 6) is -0.123. The predicted molar refractivity (Wildman–Crippen MR) is 72.3 cm³/mol. The molecule has 0 aliphatic rings. The van der Waals surface area contributed by atoms with E-state index in [2.05, 4.69) is 41.1 Å². The number of carbonyl (C=O) groups excluding carboxylic acids is 1. The van der Waals surface area contributed by atoms with E-state index in [0.29, 0.717) is 0 Å². The molecule has 0 radical (unpaired) electrons. The molecule has 1 atom stereocenters. The number of hydrogen-bond donors (Lipinski definition) is 1. The Hall–Kier alpha value is -1.77. The summed E-state index contributed by atoms with van der Waals surface area (Å²) >= 11 is 0.